The number of carbonyl (C=O) groups excluding carboxylic acids is 1. The second kappa shape index (κ2) is 7.62. The summed E-state index contributed by atoms with van der Waals surface area (Å²) in [7, 11) is -3.50. The molecule has 0 aliphatic heterocycles. The van der Waals surface area contributed by atoms with Crippen molar-refractivity contribution in [3.63, 3.8) is 0 Å². The highest BCUT2D eigenvalue weighted by Gasteiger charge is 2.19. The Morgan fingerprint density at radius 2 is 1.74 bits per heavy atom. The van der Waals surface area contributed by atoms with Crippen LogP contribution in [-0.4, -0.2) is 25.6 Å². The number of nitrogens with zero attached hydrogens (tertiary/aromatic N) is 1. The van der Waals surface area contributed by atoms with Crippen molar-refractivity contribution in [3.05, 3.63) is 65.0 Å². The van der Waals surface area contributed by atoms with Gasteiger partial charge in [0, 0.05) is 17.2 Å². The molecule has 2 aromatic carbocycles. The first-order chi connectivity index (χ1) is 12.8. The average Bonchev–Trinajstić information content (AvgIpc) is 3.09. The Hall–Kier alpha value is -2.51. The van der Waals surface area contributed by atoms with Crippen LogP contribution in [0.4, 0.5) is 5.13 Å². The molecule has 0 aliphatic rings. The predicted octanol–water partition coefficient (Wildman–Crippen LogP) is 4.59. The molecule has 5 nitrogen and oxygen atoms in total. The molecule has 1 aromatic heterocycles. The lowest BCUT2D eigenvalue weighted by molar-refractivity contribution is 0.102. The molecule has 0 atom stereocenters. The maximum absolute atomic E-state index is 12.5. The third-order valence-electron chi connectivity index (χ3n) is 4.13. The van der Waals surface area contributed by atoms with Gasteiger partial charge in [-0.2, -0.15) is 0 Å². The highest BCUT2D eigenvalue weighted by molar-refractivity contribution is 7.90. The zero-order chi connectivity index (χ0) is 19.6. The normalized spacial score (nSPS) is 11.6. The standard InChI is InChI=1S/C20H20N2O3S2/c1-13(2)14-8-10-15(11-9-14)17-12-26-20(21-17)22-19(23)16-6-4-5-7-18(16)27(3,24)25/h4-13H,1-3H3,(H,21,22,23). The van der Waals surface area contributed by atoms with Gasteiger partial charge in [0.15, 0.2) is 15.0 Å². The summed E-state index contributed by atoms with van der Waals surface area (Å²) >= 11 is 1.30. The van der Waals surface area contributed by atoms with E-state index >= 15 is 0 Å². The van der Waals surface area contributed by atoms with E-state index in [2.05, 4.69) is 36.3 Å². The van der Waals surface area contributed by atoms with Gasteiger partial charge in [-0.1, -0.05) is 50.2 Å². The van der Waals surface area contributed by atoms with Gasteiger partial charge >= 0.3 is 0 Å². The van der Waals surface area contributed by atoms with E-state index in [0.717, 1.165) is 17.5 Å². The quantitative estimate of drug-likeness (QED) is 0.680. The summed E-state index contributed by atoms with van der Waals surface area (Å²) in [6.45, 7) is 4.28. The fourth-order valence-corrected chi connectivity index (χ4v) is 4.25. The number of rotatable bonds is 5. The van der Waals surface area contributed by atoms with E-state index in [9.17, 15) is 13.2 Å². The number of carbonyl (C=O) groups is 1. The Bertz CT molecular complexity index is 1070. The number of thiazole rings is 1. The van der Waals surface area contributed by atoms with Crippen molar-refractivity contribution < 1.29 is 13.2 Å². The van der Waals surface area contributed by atoms with Crippen molar-refractivity contribution in [2.24, 2.45) is 0 Å². The van der Waals surface area contributed by atoms with Crippen LogP contribution in [0.15, 0.2) is 58.8 Å². The minimum atomic E-state index is -3.50. The van der Waals surface area contributed by atoms with Crippen molar-refractivity contribution in [1.82, 2.24) is 4.98 Å². The molecule has 0 radical (unpaired) electrons. The van der Waals surface area contributed by atoms with Gasteiger partial charge in [-0.25, -0.2) is 13.4 Å². The zero-order valence-corrected chi connectivity index (χ0v) is 16.9. The number of nitrogens with one attached hydrogen (secondary N) is 1. The molecule has 1 heterocycles. The number of sulfone groups is 1. The lowest BCUT2D eigenvalue weighted by Crippen LogP contribution is -2.15. The molecule has 0 saturated carbocycles. The fourth-order valence-electron chi connectivity index (χ4n) is 2.64. The zero-order valence-electron chi connectivity index (χ0n) is 15.3. The Balaban J connectivity index is 1.81. The summed E-state index contributed by atoms with van der Waals surface area (Å²) in [6.07, 6.45) is 1.08. The SMILES string of the molecule is CC(C)c1ccc(-c2csc(NC(=O)c3ccccc3S(C)(=O)=O)n2)cc1. The van der Waals surface area contributed by atoms with Gasteiger partial charge in [0.1, 0.15) is 0 Å². The molecule has 0 aliphatic carbocycles. The summed E-state index contributed by atoms with van der Waals surface area (Å²) < 4.78 is 23.8. The second-order valence-electron chi connectivity index (χ2n) is 6.54. The Morgan fingerprint density at radius 1 is 1.07 bits per heavy atom. The van der Waals surface area contributed by atoms with Crippen molar-refractivity contribution in [2.75, 3.05) is 11.6 Å². The molecule has 0 unspecified atom stereocenters. The highest BCUT2D eigenvalue weighted by Crippen LogP contribution is 2.27. The monoisotopic (exact) mass is 400 g/mol. The van der Waals surface area contributed by atoms with Crippen LogP contribution in [0.25, 0.3) is 11.3 Å². The van der Waals surface area contributed by atoms with E-state index in [1.165, 1.54) is 29.0 Å². The molecule has 1 amide bonds. The van der Waals surface area contributed by atoms with E-state index in [4.69, 9.17) is 0 Å². The van der Waals surface area contributed by atoms with E-state index in [-0.39, 0.29) is 10.5 Å². The topological polar surface area (TPSA) is 76.1 Å². The van der Waals surface area contributed by atoms with Gasteiger partial charge in [-0.3, -0.25) is 10.1 Å². The summed E-state index contributed by atoms with van der Waals surface area (Å²) in [5.41, 5.74) is 3.09. The Kier molecular flexibility index (Phi) is 5.43. The van der Waals surface area contributed by atoms with Crippen LogP contribution in [0.2, 0.25) is 0 Å². The van der Waals surface area contributed by atoms with Crippen LogP contribution in [0, 0.1) is 0 Å². The number of hydrogen-bond donors (Lipinski definition) is 1. The number of benzene rings is 2. The summed E-state index contributed by atoms with van der Waals surface area (Å²) in [4.78, 5) is 17.0. The van der Waals surface area contributed by atoms with Gasteiger partial charge in [-0.05, 0) is 23.6 Å². The van der Waals surface area contributed by atoms with Gasteiger partial charge in [0.25, 0.3) is 5.91 Å². The molecule has 0 fully saturated rings. The molecular formula is C20H20N2O3S2. The summed E-state index contributed by atoms with van der Waals surface area (Å²) in [5.74, 6) is -0.0358. The van der Waals surface area contributed by atoms with Crippen LogP contribution in [-0.2, 0) is 9.84 Å². The lowest BCUT2D eigenvalue weighted by atomic mass is 10.0. The first-order valence-corrected chi connectivity index (χ1v) is 11.2. The average molecular weight is 401 g/mol. The molecular weight excluding hydrogens is 380 g/mol. The molecule has 0 saturated heterocycles. The van der Waals surface area contributed by atoms with Gasteiger partial charge < -0.3 is 0 Å². The van der Waals surface area contributed by atoms with Crippen LogP contribution < -0.4 is 5.32 Å². The molecule has 140 valence electrons. The Morgan fingerprint density at radius 3 is 2.37 bits per heavy atom. The van der Waals surface area contributed by atoms with Crippen LogP contribution in [0.1, 0.15) is 35.7 Å². The van der Waals surface area contributed by atoms with Crippen LogP contribution in [0.5, 0.6) is 0 Å². The van der Waals surface area contributed by atoms with E-state index in [0.29, 0.717) is 11.0 Å². The molecule has 3 aromatic rings. The van der Waals surface area contributed by atoms with Crippen molar-refractivity contribution >= 4 is 32.2 Å². The highest BCUT2D eigenvalue weighted by atomic mass is 32.2. The number of anilines is 1. The predicted molar refractivity (Wildman–Crippen MR) is 109 cm³/mol. The second-order valence-corrected chi connectivity index (χ2v) is 9.38. The third-order valence-corrected chi connectivity index (χ3v) is 6.04. The molecule has 1 N–H and O–H groups in total. The van der Waals surface area contributed by atoms with Crippen molar-refractivity contribution in [3.8, 4) is 11.3 Å². The Labute approximate surface area is 163 Å². The largest absolute Gasteiger partial charge is 0.298 e. The maximum atomic E-state index is 12.5. The summed E-state index contributed by atoms with van der Waals surface area (Å²) in [6, 6.07) is 14.3. The first-order valence-electron chi connectivity index (χ1n) is 8.42. The smallest absolute Gasteiger partial charge is 0.258 e. The number of hydrogen-bond acceptors (Lipinski definition) is 5. The minimum Gasteiger partial charge on any atom is -0.298 e. The van der Waals surface area contributed by atoms with Crippen molar-refractivity contribution in [1.29, 1.82) is 0 Å². The maximum Gasteiger partial charge on any atom is 0.258 e. The fraction of sp³-hybridized carbons (Fsp3) is 0.200. The van der Waals surface area contributed by atoms with Crippen LogP contribution in [0.3, 0.4) is 0 Å². The molecule has 3 rings (SSSR count). The lowest BCUT2D eigenvalue weighted by Gasteiger charge is -2.07. The third kappa shape index (κ3) is 4.43. The van der Waals surface area contributed by atoms with E-state index in [1.807, 2.05) is 17.5 Å². The van der Waals surface area contributed by atoms with Gasteiger partial charge in [0.05, 0.1) is 16.2 Å². The minimum absolute atomic E-state index is 0.00329. The number of aromatic nitrogens is 1. The molecule has 0 spiro atoms. The van der Waals surface area contributed by atoms with Gasteiger partial charge in [0.2, 0.25) is 0 Å². The molecule has 7 heteroatoms. The van der Waals surface area contributed by atoms with E-state index < -0.39 is 15.7 Å². The number of amides is 1. The molecule has 0 bridgehead atoms. The summed E-state index contributed by atoms with van der Waals surface area (Å²) in [5, 5.41) is 4.98. The van der Waals surface area contributed by atoms with E-state index in [1.54, 1.807) is 12.1 Å². The van der Waals surface area contributed by atoms with Crippen molar-refractivity contribution in [2.45, 2.75) is 24.7 Å². The van der Waals surface area contributed by atoms with Gasteiger partial charge in [-0.15, -0.1) is 11.3 Å². The van der Waals surface area contributed by atoms with Crippen LogP contribution >= 0.6 is 11.3 Å². The molecule has 27 heavy (non-hydrogen) atoms. The first kappa shape index (κ1) is 19.3.